The Bertz CT molecular complexity index is 617. The predicted octanol–water partition coefficient (Wildman–Crippen LogP) is 5.52. The topological polar surface area (TPSA) is 17.1 Å². The van der Waals surface area contributed by atoms with Crippen LogP contribution in [-0.2, 0) is 6.18 Å². The van der Waals surface area contributed by atoms with Crippen molar-refractivity contribution in [2.75, 3.05) is 0 Å². The summed E-state index contributed by atoms with van der Waals surface area (Å²) in [5.41, 5.74) is -0.120. The van der Waals surface area contributed by atoms with Gasteiger partial charge >= 0.3 is 6.18 Å². The lowest BCUT2D eigenvalue weighted by molar-refractivity contribution is -0.137. The van der Waals surface area contributed by atoms with Gasteiger partial charge in [-0.25, -0.2) is 0 Å². The fourth-order valence-corrected chi connectivity index (χ4v) is 4.25. The van der Waals surface area contributed by atoms with Crippen molar-refractivity contribution < 1.29 is 18.0 Å². The highest BCUT2D eigenvalue weighted by Gasteiger charge is 2.30. The van der Waals surface area contributed by atoms with E-state index in [-0.39, 0.29) is 11.3 Å². The lowest BCUT2D eigenvalue weighted by Gasteiger charge is -2.06. The zero-order chi connectivity index (χ0) is 14.2. The summed E-state index contributed by atoms with van der Waals surface area (Å²) in [4.78, 5) is 12.1. The molecule has 0 aliphatic rings. The molecule has 1 nitrogen and oxygen atoms in total. The molecule has 0 atom stereocenters. The first-order valence-corrected chi connectivity index (χ1v) is 7.36. The van der Waals surface area contributed by atoms with Crippen molar-refractivity contribution in [3.63, 3.8) is 0 Å². The van der Waals surface area contributed by atoms with Crippen LogP contribution in [0.2, 0.25) is 0 Å². The second kappa shape index (κ2) is 5.38. The molecule has 0 aliphatic carbocycles. The van der Waals surface area contributed by atoms with E-state index in [1.807, 2.05) is 0 Å². The zero-order valence-electron chi connectivity index (χ0n) is 9.09. The van der Waals surface area contributed by atoms with E-state index in [9.17, 15) is 18.0 Å². The lowest BCUT2D eigenvalue weighted by atomic mass is 10.0. The molecule has 0 amide bonds. The number of carbonyl (C=O) groups excluding carboxylic acids is 1. The molecule has 1 heterocycles. The fourth-order valence-electron chi connectivity index (χ4n) is 1.46. The molecule has 0 bridgehead atoms. The number of hydrogen-bond donors (Lipinski definition) is 0. The molecule has 0 spiro atoms. The van der Waals surface area contributed by atoms with E-state index in [4.69, 9.17) is 0 Å². The molecular weight excluding hydrogens is 409 g/mol. The van der Waals surface area contributed by atoms with Crippen LogP contribution in [0.3, 0.4) is 0 Å². The predicted molar refractivity (Wildman–Crippen MR) is 74.6 cm³/mol. The number of carbonyl (C=O) groups is 1. The van der Waals surface area contributed by atoms with E-state index in [1.54, 1.807) is 6.07 Å². The van der Waals surface area contributed by atoms with E-state index < -0.39 is 11.7 Å². The number of rotatable bonds is 2. The van der Waals surface area contributed by atoms with Gasteiger partial charge in [-0.15, -0.1) is 11.3 Å². The molecule has 0 saturated heterocycles. The molecule has 0 saturated carbocycles. The van der Waals surface area contributed by atoms with E-state index in [2.05, 4.69) is 31.9 Å². The zero-order valence-corrected chi connectivity index (χ0v) is 13.1. The Morgan fingerprint density at radius 2 is 1.68 bits per heavy atom. The average molecular weight is 414 g/mol. The summed E-state index contributed by atoms with van der Waals surface area (Å²) in [7, 11) is 0. The van der Waals surface area contributed by atoms with Crippen LogP contribution in [0.4, 0.5) is 13.2 Å². The summed E-state index contributed by atoms with van der Waals surface area (Å²) < 4.78 is 38.7. The van der Waals surface area contributed by atoms with Crippen LogP contribution < -0.4 is 0 Å². The molecular formula is C12H5Br2F3OS. The highest BCUT2D eigenvalue weighted by molar-refractivity contribution is 9.12. The third-order valence-electron chi connectivity index (χ3n) is 2.38. The average Bonchev–Trinajstić information content (AvgIpc) is 2.66. The Morgan fingerprint density at radius 3 is 2.11 bits per heavy atom. The van der Waals surface area contributed by atoms with E-state index in [1.165, 1.54) is 23.5 Å². The first-order valence-electron chi connectivity index (χ1n) is 4.96. The number of alkyl halides is 3. The van der Waals surface area contributed by atoms with Crippen LogP contribution in [0.15, 0.2) is 37.9 Å². The monoisotopic (exact) mass is 412 g/mol. The molecule has 1 aromatic carbocycles. The van der Waals surface area contributed by atoms with Gasteiger partial charge in [-0.3, -0.25) is 4.79 Å². The third kappa shape index (κ3) is 3.27. The summed E-state index contributed by atoms with van der Waals surface area (Å²) in [6, 6.07) is 5.81. The second-order valence-electron chi connectivity index (χ2n) is 3.64. The minimum atomic E-state index is -4.40. The standard InChI is InChI=1S/C12H5Br2F3OS/c13-9-5-8(11(14)19-9)10(18)6-1-3-7(4-2-6)12(15,16)17/h1-5H. The van der Waals surface area contributed by atoms with Gasteiger partial charge in [0.1, 0.15) is 0 Å². The van der Waals surface area contributed by atoms with Gasteiger partial charge in [0.15, 0.2) is 5.78 Å². The summed E-state index contributed by atoms with van der Waals surface area (Å²) >= 11 is 7.83. The Morgan fingerprint density at radius 1 is 1.11 bits per heavy atom. The SMILES string of the molecule is O=C(c1ccc(C(F)(F)F)cc1)c1cc(Br)sc1Br. The van der Waals surface area contributed by atoms with Crippen LogP contribution >= 0.6 is 43.2 Å². The van der Waals surface area contributed by atoms with Crippen molar-refractivity contribution in [2.24, 2.45) is 0 Å². The van der Waals surface area contributed by atoms with Crippen LogP contribution in [0.25, 0.3) is 0 Å². The minimum Gasteiger partial charge on any atom is -0.289 e. The van der Waals surface area contributed by atoms with Crippen molar-refractivity contribution in [2.45, 2.75) is 6.18 Å². The molecule has 0 unspecified atom stereocenters. The van der Waals surface area contributed by atoms with Gasteiger partial charge < -0.3 is 0 Å². The molecule has 0 radical (unpaired) electrons. The van der Waals surface area contributed by atoms with Crippen molar-refractivity contribution in [3.05, 3.63) is 54.6 Å². The van der Waals surface area contributed by atoms with Crippen LogP contribution in [0.1, 0.15) is 21.5 Å². The Kier molecular flexibility index (Phi) is 4.17. The molecule has 2 rings (SSSR count). The van der Waals surface area contributed by atoms with Gasteiger partial charge in [0.25, 0.3) is 0 Å². The maximum Gasteiger partial charge on any atom is 0.416 e. The van der Waals surface area contributed by atoms with E-state index in [0.29, 0.717) is 9.35 Å². The summed E-state index contributed by atoms with van der Waals surface area (Å²) in [6.07, 6.45) is -4.40. The summed E-state index contributed by atoms with van der Waals surface area (Å²) in [5, 5.41) is 0. The van der Waals surface area contributed by atoms with Gasteiger partial charge in [-0.1, -0.05) is 12.1 Å². The molecule has 0 N–H and O–H groups in total. The van der Waals surface area contributed by atoms with E-state index in [0.717, 1.165) is 15.9 Å². The molecule has 7 heteroatoms. The molecule has 19 heavy (non-hydrogen) atoms. The maximum atomic E-state index is 12.4. The van der Waals surface area contributed by atoms with Crippen LogP contribution in [-0.4, -0.2) is 5.78 Å². The number of halogens is 5. The maximum absolute atomic E-state index is 12.4. The van der Waals surface area contributed by atoms with Gasteiger partial charge in [0.2, 0.25) is 0 Å². The number of thiophene rings is 1. The Hall–Kier alpha value is -0.660. The summed E-state index contributed by atoms with van der Waals surface area (Å²) in [6.45, 7) is 0. The first kappa shape index (κ1) is 14.7. The molecule has 1 aromatic heterocycles. The molecule has 100 valence electrons. The third-order valence-corrected chi connectivity index (χ3v) is 4.72. The van der Waals surface area contributed by atoms with Gasteiger partial charge in [-0.05, 0) is 50.1 Å². The summed E-state index contributed by atoms with van der Waals surface area (Å²) in [5.74, 6) is -0.317. The molecule has 0 fully saturated rings. The molecule has 2 aromatic rings. The van der Waals surface area contributed by atoms with Crippen molar-refractivity contribution in [1.29, 1.82) is 0 Å². The molecule has 0 aliphatic heterocycles. The first-order chi connectivity index (χ1) is 8.79. The largest absolute Gasteiger partial charge is 0.416 e. The highest BCUT2D eigenvalue weighted by Crippen LogP contribution is 2.34. The second-order valence-corrected chi connectivity index (χ2v) is 7.39. The number of benzene rings is 1. The van der Waals surface area contributed by atoms with Gasteiger partial charge in [0, 0.05) is 11.1 Å². The van der Waals surface area contributed by atoms with Crippen LogP contribution in [0, 0.1) is 0 Å². The van der Waals surface area contributed by atoms with E-state index >= 15 is 0 Å². The smallest absolute Gasteiger partial charge is 0.289 e. The fraction of sp³-hybridized carbons (Fsp3) is 0.0833. The Balaban J connectivity index is 2.33. The minimum absolute atomic E-state index is 0.221. The quantitative estimate of drug-likeness (QED) is 0.592. The van der Waals surface area contributed by atoms with Crippen molar-refractivity contribution >= 4 is 49.0 Å². The number of hydrogen-bond acceptors (Lipinski definition) is 2. The van der Waals surface area contributed by atoms with Crippen molar-refractivity contribution in [3.8, 4) is 0 Å². The highest BCUT2D eigenvalue weighted by atomic mass is 79.9. The van der Waals surface area contributed by atoms with Gasteiger partial charge in [-0.2, -0.15) is 13.2 Å². The Labute approximate surface area is 127 Å². The van der Waals surface area contributed by atoms with Crippen molar-refractivity contribution in [1.82, 2.24) is 0 Å². The van der Waals surface area contributed by atoms with Crippen LogP contribution in [0.5, 0.6) is 0 Å². The normalized spacial score (nSPS) is 11.6. The number of ketones is 1. The lowest BCUT2D eigenvalue weighted by Crippen LogP contribution is -2.06. The van der Waals surface area contributed by atoms with Gasteiger partial charge in [0.05, 0.1) is 13.1 Å².